The number of nitrogens with two attached hydrogens (primary N) is 2. The number of halogens is 1. The summed E-state index contributed by atoms with van der Waals surface area (Å²) < 4.78 is 10.1. The molecule has 0 saturated carbocycles. The van der Waals surface area contributed by atoms with Crippen molar-refractivity contribution >= 4 is 35.7 Å². The molecule has 0 aromatic heterocycles. The lowest BCUT2D eigenvalue weighted by molar-refractivity contribution is -0.140. The van der Waals surface area contributed by atoms with Crippen molar-refractivity contribution in [1.82, 2.24) is 10.6 Å². The van der Waals surface area contributed by atoms with Crippen LogP contribution in [0.5, 0.6) is 0 Å². The molecule has 216 valence electrons. The van der Waals surface area contributed by atoms with Gasteiger partial charge in [-0.3, -0.25) is 4.79 Å². The third kappa shape index (κ3) is 19.1. The molecule has 1 rings (SSSR count). The molecular formula is C25H41ClN4O8. The van der Waals surface area contributed by atoms with Gasteiger partial charge in [-0.2, -0.15) is 0 Å². The third-order valence-corrected chi connectivity index (χ3v) is 5.04. The molecule has 0 heterocycles. The molecule has 1 unspecified atom stereocenters. The Morgan fingerprint density at radius 1 is 0.921 bits per heavy atom. The first-order valence-corrected chi connectivity index (χ1v) is 12.7. The molecule has 1 aromatic rings. The van der Waals surface area contributed by atoms with Crippen LogP contribution in [0.4, 0.5) is 9.59 Å². The molecule has 0 aliphatic carbocycles. The zero-order valence-electron chi connectivity index (χ0n) is 22.2. The van der Waals surface area contributed by atoms with E-state index in [1.54, 1.807) is 32.9 Å². The smallest absolute Gasteiger partial charge is 0.408 e. The molecule has 8 N–H and O–H groups in total. The third-order valence-electron chi connectivity index (χ3n) is 4.71. The maximum atomic E-state index is 11.8. The quantitative estimate of drug-likeness (QED) is 0.111. The second kappa shape index (κ2) is 19.0. The van der Waals surface area contributed by atoms with E-state index in [1.807, 2.05) is 18.2 Å². The monoisotopic (exact) mass is 560 g/mol. The molecule has 12 nitrogen and oxygen atoms in total. The van der Waals surface area contributed by atoms with Crippen LogP contribution in [0.3, 0.4) is 0 Å². The van der Waals surface area contributed by atoms with Crippen molar-refractivity contribution in [3.8, 4) is 0 Å². The van der Waals surface area contributed by atoms with Crippen molar-refractivity contribution in [2.45, 2.75) is 89.1 Å². The lowest BCUT2D eigenvalue weighted by Gasteiger charge is -2.21. The number of amides is 2. The van der Waals surface area contributed by atoms with E-state index in [4.69, 9.17) is 37.6 Å². The van der Waals surface area contributed by atoms with E-state index in [0.717, 1.165) is 18.4 Å². The Morgan fingerprint density at radius 3 is 2.08 bits per heavy atom. The molecular weight excluding hydrogens is 520 g/mol. The van der Waals surface area contributed by atoms with Crippen LogP contribution in [0.2, 0.25) is 0 Å². The predicted molar refractivity (Wildman–Crippen MR) is 143 cm³/mol. The number of hydrogen-bond acceptors (Lipinski definition) is 8. The van der Waals surface area contributed by atoms with Crippen LogP contribution in [0.1, 0.15) is 64.9 Å². The fourth-order valence-electron chi connectivity index (χ4n) is 2.81. The normalized spacial score (nSPS) is 13.1. The summed E-state index contributed by atoms with van der Waals surface area (Å²) in [5.41, 5.74) is 9.86. The predicted octanol–water partition coefficient (Wildman–Crippen LogP) is 3.15. The van der Waals surface area contributed by atoms with Gasteiger partial charge in [0.15, 0.2) is 0 Å². The van der Waals surface area contributed by atoms with E-state index in [9.17, 15) is 24.3 Å². The molecule has 0 fully saturated rings. The largest absolute Gasteiger partial charge is 0.480 e. The van der Waals surface area contributed by atoms with Crippen LogP contribution >= 0.6 is 11.6 Å². The van der Waals surface area contributed by atoms with Gasteiger partial charge in [0, 0.05) is 0 Å². The SMILES string of the molecule is CC(C)(C)OC(=O)NC(Cl)CCC[C@H](NC(=O)OCc1ccccc1)C(=O)O.NCCCC[C@H](N)C(=O)O. The van der Waals surface area contributed by atoms with E-state index in [0.29, 0.717) is 25.8 Å². The average Bonchev–Trinajstić information content (AvgIpc) is 2.81. The molecule has 0 radical (unpaired) electrons. The number of unbranched alkanes of at least 4 members (excludes halogenated alkanes) is 1. The molecule has 0 saturated heterocycles. The first-order chi connectivity index (χ1) is 17.7. The minimum Gasteiger partial charge on any atom is -0.480 e. The number of rotatable bonds is 14. The molecule has 38 heavy (non-hydrogen) atoms. The van der Waals surface area contributed by atoms with Gasteiger partial charge in [0.2, 0.25) is 0 Å². The maximum Gasteiger partial charge on any atom is 0.408 e. The van der Waals surface area contributed by atoms with Crippen LogP contribution in [0, 0.1) is 0 Å². The number of ether oxygens (including phenoxy) is 2. The van der Waals surface area contributed by atoms with Gasteiger partial charge in [0.05, 0.1) is 0 Å². The zero-order valence-corrected chi connectivity index (χ0v) is 22.9. The highest BCUT2D eigenvalue weighted by atomic mass is 35.5. The van der Waals surface area contributed by atoms with Crippen molar-refractivity contribution in [2.75, 3.05) is 6.54 Å². The molecule has 0 spiro atoms. The van der Waals surface area contributed by atoms with Gasteiger partial charge in [-0.15, -0.1) is 0 Å². The second-order valence-corrected chi connectivity index (χ2v) is 9.90. The number of carboxylic acids is 2. The standard InChI is InChI=1S/C19H27ClN2O6.C6H14N2O2/c1-19(2,3)28-18(26)22-15(20)11-7-10-14(16(23)24)21-17(25)27-12-13-8-5-4-6-9-13;7-4-2-1-3-5(8)6(9)10/h4-6,8-9,14-15H,7,10-12H2,1-3H3,(H,21,25)(H,22,26)(H,23,24);5H,1-4,7-8H2,(H,9,10)/t14-,15?;5-/m00/s1. The number of nitrogens with one attached hydrogen (secondary N) is 2. The van der Waals surface area contributed by atoms with Crippen LogP contribution in [-0.2, 0) is 25.7 Å². The first-order valence-electron chi connectivity index (χ1n) is 12.3. The number of aliphatic carboxylic acids is 2. The Bertz CT molecular complexity index is 852. The number of hydrogen-bond donors (Lipinski definition) is 6. The van der Waals surface area contributed by atoms with E-state index in [2.05, 4.69) is 10.6 Å². The zero-order chi connectivity index (χ0) is 29.1. The van der Waals surface area contributed by atoms with Gasteiger partial charge in [-0.05, 0) is 65.0 Å². The van der Waals surface area contributed by atoms with E-state index < -0.39 is 47.3 Å². The molecule has 0 aliphatic rings. The van der Waals surface area contributed by atoms with E-state index >= 15 is 0 Å². The Balaban J connectivity index is 0.00000115. The van der Waals surface area contributed by atoms with Crippen molar-refractivity contribution in [3.63, 3.8) is 0 Å². The summed E-state index contributed by atoms with van der Waals surface area (Å²) in [5, 5.41) is 22.4. The number of benzene rings is 1. The minimum absolute atomic E-state index is 0.0442. The summed E-state index contributed by atoms with van der Waals surface area (Å²) in [6.45, 7) is 5.84. The van der Waals surface area contributed by atoms with Gasteiger partial charge in [0.1, 0.15) is 29.8 Å². The maximum absolute atomic E-state index is 11.8. The van der Waals surface area contributed by atoms with Gasteiger partial charge in [-0.25, -0.2) is 14.4 Å². The molecule has 1 aromatic carbocycles. The summed E-state index contributed by atoms with van der Waals surface area (Å²) in [6.07, 6.45) is 1.51. The van der Waals surface area contributed by atoms with Crippen molar-refractivity contribution < 1.29 is 38.9 Å². The first kappa shape index (κ1) is 34.9. The number of carboxylic acid groups (broad SMARTS) is 2. The van der Waals surface area contributed by atoms with Gasteiger partial charge in [-0.1, -0.05) is 48.4 Å². The van der Waals surface area contributed by atoms with Gasteiger partial charge in [0.25, 0.3) is 0 Å². The summed E-state index contributed by atoms with van der Waals surface area (Å²) in [4.78, 5) is 44.9. The van der Waals surface area contributed by atoms with Crippen molar-refractivity contribution in [2.24, 2.45) is 11.5 Å². The summed E-state index contributed by atoms with van der Waals surface area (Å²) in [5.74, 6) is -2.11. The summed E-state index contributed by atoms with van der Waals surface area (Å²) in [7, 11) is 0. The molecule has 0 bridgehead atoms. The van der Waals surface area contributed by atoms with Gasteiger partial charge < -0.3 is 41.8 Å². The Kier molecular flexibility index (Phi) is 17.5. The fourth-order valence-corrected chi connectivity index (χ4v) is 3.05. The van der Waals surface area contributed by atoms with E-state index in [-0.39, 0.29) is 13.0 Å². The topological polar surface area (TPSA) is 203 Å². The average molecular weight is 561 g/mol. The molecule has 13 heteroatoms. The van der Waals surface area contributed by atoms with Crippen LogP contribution in [0.25, 0.3) is 0 Å². The Hall–Kier alpha value is -3.09. The molecule has 0 aliphatic heterocycles. The highest BCUT2D eigenvalue weighted by Crippen LogP contribution is 2.11. The lowest BCUT2D eigenvalue weighted by Crippen LogP contribution is -2.41. The number of carbonyl (C=O) groups excluding carboxylic acids is 2. The molecule has 2 amide bonds. The fraction of sp³-hybridized carbons (Fsp3) is 0.600. The van der Waals surface area contributed by atoms with Crippen molar-refractivity contribution in [3.05, 3.63) is 35.9 Å². The van der Waals surface area contributed by atoms with Crippen LogP contribution in [-0.4, -0.2) is 64.1 Å². The lowest BCUT2D eigenvalue weighted by atomic mass is 10.1. The number of alkyl carbamates (subject to hydrolysis) is 2. The van der Waals surface area contributed by atoms with Gasteiger partial charge >= 0.3 is 24.1 Å². The molecule has 3 atom stereocenters. The Labute approximate surface area is 228 Å². The van der Waals surface area contributed by atoms with Crippen LogP contribution in [0.15, 0.2) is 30.3 Å². The highest BCUT2D eigenvalue weighted by Gasteiger charge is 2.22. The number of alkyl halides is 1. The summed E-state index contributed by atoms with van der Waals surface area (Å²) in [6, 6.07) is 7.21. The van der Waals surface area contributed by atoms with Crippen molar-refractivity contribution in [1.29, 1.82) is 0 Å². The van der Waals surface area contributed by atoms with E-state index in [1.165, 1.54) is 0 Å². The minimum atomic E-state index is -1.18. The Morgan fingerprint density at radius 2 is 1.55 bits per heavy atom. The second-order valence-electron chi connectivity index (χ2n) is 9.37. The highest BCUT2D eigenvalue weighted by molar-refractivity contribution is 6.21. The summed E-state index contributed by atoms with van der Waals surface area (Å²) >= 11 is 6.02. The van der Waals surface area contributed by atoms with Crippen LogP contribution < -0.4 is 22.1 Å². The number of carbonyl (C=O) groups is 4.